The third-order valence-electron chi connectivity index (χ3n) is 2.96. The van der Waals surface area contributed by atoms with Gasteiger partial charge in [0.2, 0.25) is 5.91 Å². The Morgan fingerprint density at radius 1 is 1.05 bits per heavy atom. The summed E-state index contributed by atoms with van der Waals surface area (Å²) in [4.78, 5) is 23.6. The lowest BCUT2D eigenvalue weighted by atomic mass is 10.1. The maximum absolute atomic E-state index is 11.9. The summed E-state index contributed by atoms with van der Waals surface area (Å²) in [5.74, 6) is -0.707. The Labute approximate surface area is 142 Å². The van der Waals surface area contributed by atoms with Crippen molar-refractivity contribution in [1.82, 2.24) is 10.9 Å². The number of hydrogen-bond acceptors (Lipinski definition) is 2. The predicted octanol–water partition coefficient (Wildman–Crippen LogP) is 3.50. The van der Waals surface area contributed by atoms with Gasteiger partial charge in [0.05, 0.1) is 10.6 Å². The Balaban J connectivity index is 1.81. The van der Waals surface area contributed by atoms with Gasteiger partial charge in [0.1, 0.15) is 0 Å². The Kier molecular flexibility index (Phi) is 5.98. The van der Waals surface area contributed by atoms with E-state index in [1.165, 1.54) is 0 Å². The largest absolute Gasteiger partial charge is 0.273 e. The molecule has 2 amide bonds. The maximum Gasteiger partial charge on any atom is 0.271 e. The molecule has 0 aliphatic rings. The van der Waals surface area contributed by atoms with Gasteiger partial charge in [0.15, 0.2) is 0 Å². The fourth-order valence-corrected chi connectivity index (χ4v) is 2.52. The molecular weight excluding hydrogens is 368 g/mol. The highest BCUT2D eigenvalue weighted by atomic mass is 79.9. The number of carbonyl (C=O) groups excluding carboxylic acids is 2. The highest BCUT2D eigenvalue weighted by molar-refractivity contribution is 9.10. The average Bonchev–Trinajstić information content (AvgIpc) is 2.51. The molecule has 0 saturated carbocycles. The molecule has 0 saturated heterocycles. The van der Waals surface area contributed by atoms with E-state index in [0.29, 0.717) is 17.0 Å². The van der Waals surface area contributed by atoms with Gasteiger partial charge in [-0.15, -0.1) is 0 Å². The Hall–Kier alpha value is -1.85. The standard InChI is InChI=1S/C16H14BrClN2O2/c17-12-5-3-4-11(10-12)8-9-15(21)19-20-16(22)13-6-1-2-7-14(13)18/h1-7,10H,8-9H2,(H,19,21)(H,20,22). The zero-order chi connectivity index (χ0) is 15.9. The van der Waals surface area contributed by atoms with Crippen LogP contribution in [-0.4, -0.2) is 11.8 Å². The third kappa shape index (κ3) is 4.86. The van der Waals surface area contributed by atoms with Crippen molar-refractivity contribution < 1.29 is 9.59 Å². The lowest BCUT2D eigenvalue weighted by Gasteiger charge is -2.08. The smallest absolute Gasteiger partial charge is 0.271 e. The monoisotopic (exact) mass is 380 g/mol. The zero-order valence-electron chi connectivity index (χ0n) is 11.6. The van der Waals surface area contributed by atoms with Crippen LogP contribution in [0, 0.1) is 0 Å². The first-order valence-corrected chi connectivity index (χ1v) is 7.81. The summed E-state index contributed by atoms with van der Waals surface area (Å²) < 4.78 is 0.970. The molecule has 2 N–H and O–H groups in total. The van der Waals surface area contributed by atoms with Crippen LogP contribution in [0.4, 0.5) is 0 Å². The highest BCUT2D eigenvalue weighted by Crippen LogP contribution is 2.14. The molecule has 2 aromatic rings. The van der Waals surface area contributed by atoms with Crippen LogP contribution in [-0.2, 0) is 11.2 Å². The Morgan fingerprint density at radius 2 is 1.82 bits per heavy atom. The molecular formula is C16H14BrClN2O2. The van der Waals surface area contributed by atoms with Gasteiger partial charge in [-0.05, 0) is 36.2 Å². The summed E-state index contributed by atoms with van der Waals surface area (Å²) >= 11 is 9.29. The number of rotatable bonds is 4. The topological polar surface area (TPSA) is 58.2 Å². The second-order valence-electron chi connectivity index (χ2n) is 4.61. The van der Waals surface area contributed by atoms with Gasteiger partial charge in [-0.25, -0.2) is 0 Å². The first kappa shape index (κ1) is 16.5. The van der Waals surface area contributed by atoms with Gasteiger partial charge in [-0.1, -0.05) is 51.8 Å². The molecule has 6 heteroatoms. The fraction of sp³-hybridized carbons (Fsp3) is 0.125. The van der Waals surface area contributed by atoms with Gasteiger partial charge in [-0.2, -0.15) is 0 Å². The van der Waals surface area contributed by atoms with Crippen LogP contribution in [0.1, 0.15) is 22.3 Å². The summed E-state index contributed by atoms with van der Waals surface area (Å²) in [6.07, 6.45) is 0.868. The highest BCUT2D eigenvalue weighted by Gasteiger charge is 2.10. The van der Waals surface area contributed by atoms with E-state index in [1.54, 1.807) is 24.3 Å². The molecule has 0 atom stereocenters. The SMILES string of the molecule is O=C(CCc1cccc(Br)c1)NNC(=O)c1ccccc1Cl. The van der Waals surface area contributed by atoms with Crippen LogP contribution in [0.2, 0.25) is 5.02 Å². The molecule has 0 bridgehead atoms. The van der Waals surface area contributed by atoms with E-state index in [1.807, 2.05) is 24.3 Å². The molecule has 2 aromatic carbocycles. The first-order valence-electron chi connectivity index (χ1n) is 6.64. The molecule has 0 aliphatic heterocycles. The molecule has 0 fully saturated rings. The Bertz CT molecular complexity index is 691. The minimum Gasteiger partial charge on any atom is -0.273 e. The van der Waals surface area contributed by atoms with Crippen molar-refractivity contribution in [2.75, 3.05) is 0 Å². The molecule has 0 aromatic heterocycles. The van der Waals surface area contributed by atoms with Crippen molar-refractivity contribution in [3.8, 4) is 0 Å². The van der Waals surface area contributed by atoms with Gasteiger partial charge < -0.3 is 0 Å². The minimum absolute atomic E-state index is 0.264. The van der Waals surface area contributed by atoms with Gasteiger partial charge in [0.25, 0.3) is 5.91 Å². The second kappa shape index (κ2) is 7.96. The number of halogens is 2. The molecule has 0 unspecified atom stereocenters. The van der Waals surface area contributed by atoms with Crippen molar-refractivity contribution in [2.45, 2.75) is 12.8 Å². The summed E-state index contributed by atoms with van der Waals surface area (Å²) in [5, 5.41) is 0.336. The number of amides is 2. The quantitative estimate of drug-likeness (QED) is 0.797. The fourth-order valence-electron chi connectivity index (χ4n) is 1.85. The van der Waals surface area contributed by atoms with Crippen molar-refractivity contribution in [1.29, 1.82) is 0 Å². The molecule has 22 heavy (non-hydrogen) atoms. The molecule has 114 valence electrons. The molecule has 0 heterocycles. The molecule has 0 radical (unpaired) electrons. The van der Waals surface area contributed by atoms with Crippen LogP contribution in [0.5, 0.6) is 0 Å². The number of carbonyl (C=O) groups is 2. The van der Waals surface area contributed by atoms with Crippen molar-refractivity contribution >= 4 is 39.3 Å². The summed E-state index contributed by atoms with van der Waals surface area (Å²) in [5.41, 5.74) is 6.10. The predicted molar refractivity (Wildman–Crippen MR) is 89.5 cm³/mol. The Morgan fingerprint density at radius 3 is 2.55 bits per heavy atom. The van der Waals surface area contributed by atoms with E-state index in [-0.39, 0.29) is 12.3 Å². The molecule has 0 aliphatic carbocycles. The van der Waals surface area contributed by atoms with Crippen molar-refractivity contribution in [3.63, 3.8) is 0 Å². The lowest BCUT2D eigenvalue weighted by Crippen LogP contribution is -2.41. The van der Waals surface area contributed by atoms with E-state index in [9.17, 15) is 9.59 Å². The summed E-state index contributed by atoms with van der Waals surface area (Å²) in [6.45, 7) is 0. The minimum atomic E-state index is -0.443. The van der Waals surface area contributed by atoms with Crippen LogP contribution in [0.25, 0.3) is 0 Å². The van der Waals surface area contributed by atoms with Crippen LogP contribution in [0.3, 0.4) is 0 Å². The van der Waals surface area contributed by atoms with Crippen LogP contribution >= 0.6 is 27.5 Å². The average molecular weight is 382 g/mol. The van der Waals surface area contributed by atoms with Gasteiger partial charge >= 0.3 is 0 Å². The zero-order valence-corrected chi connectivity index (χ0v) is 13.9. The van der Waals surface area contributed by atoms with Gasteiger partial charge in [-0.3, -0.25) is 20.4 Å². The van der Waals surface area contributed by atoms with E-state index in [4.69, 9.17) is 11.6 Å². The van der Waals surface area contributed by atoms with E-state index in [0.717, 1.165) is 10.0 Å². The van der Waals surface area contributed by atoms with Crippen molar-refractivity contribution in [3.05, 3.63) is 69.2 Å². The molecule has 2 rings (SSSR count). The first-order chi connectivity index (χ1) is 10.6. The number of hydrogen-bond donors (Lipinski definition) is 2. The van der Waals surface area contributed by atoms with E-state index >= 15 is 0 Å². The van der Waals surface area contributed by atoms with Gasteiger partial charge in [0, 0.05) is 10.9 Å². The van der Waals surface area contributed by atoms with Crippen LogP contribution in [0.15, 0.2) is 53.0 Å². The number of benzene rings is 2. The van der Waals surface area contributed by atoms with E-state index in [2.05, 4.69) is 26.8 Å². The molecule has 0 spiro atoms. The summed E-state index contributed by atoms with van der Waals surface area (Å²) in [7, 11) is 0. The second-order valence-corrected chi connectivity index (χ2v) is 5.93. The number of hydrazine groups is 1. The maximum atomic E-state index is 11.9. The lowest BCUT2D eigenvalue weighted by molar-refractivity contribution is -0.121. The third-order valence-corrected chi connectivity index (χ3v) is 3.79. The summed E-state index contributed by atoms with van der Waals surface area (Å²) in [6, 6.07) is 14.4. The van der Waals surface area contributed by atoms with Crippen LogP contribution < -0.4 is 10.9 Å². The van der Waals surface area contributed by atoms with E-state index < -0.39 is 5.91 Å². The normalized spacial score (nSPS) is 10.1. The number of aryl methyl sites for hydroxylation is 1. The molecule has 4 nitrogen and oxygen atoms in total. The number of nitrogens with one attached hydrogen (secondary N) is 2. The van der Waals surface area contributed by atoms with Crippen molar-refractivity contribution in [2.24, 2.45) is 0 Å².